The molecule has 2 aliphatic carbocycles. The zero-order valence-electron chi connectivity index (χ0n) is 27.7. The average Bonchev–Trinajstić information content (AvgIpc) is 3.82. The van der Waals surface area contributed by atoms with Crippen LogP contribution < -0.4 is 0 Å². The number of carbonyl (C=O) groups is 3. The molecule has 0 saturated heterocycles. The lowest BCUT2D eigenvalue weighted by Crippen LogP contribution is -2.40. The van der Waals surface area contributed by atoms with Gasteiger partial charge in [0.15, 0.2) is 8.32 Å². The highest BCUT2D eigenvalue weighted by molar-refractivity contribution is 6.74. The van der Waals surface area contributed by atoms with Gasteiger partial charge in [0, 0.05) is 5.56 Å². The highest BCUT2D eigenvalue weighted by Gasteiger charge is 2.54. The van der Waals surface area contributed by atoms with Gasteiger partial charge < -0.3 is 23.4 Å². The maximum Gasteiger partial charge on any atom is 0.338 e. The molecule has 3 aromatic rings. The monoisotopic (exact) mass is 640 g/mol. The van der Waals surface area contributed by atoms with E-state index in [1.807, 2.05) is 0 Å². The number of carbonyl (C=O) groups excluding carboxylic acids is 3. The molecular formula is C37H40O8Si. The van der Waals surface area contributed by atoms with Crippen LogP contribution in [0.1, 0.15) is 102 Å². The molecule has 3 aliphatic heterocycles. The molecule has 0 amide bonds. The second-order valence-corrected chi connectivity index (χ2v) is 19.4. The van der Waals surface area contributed by atoms with Gasteiger partial charge in [-0.25, -0.2) is 14.4 Å². The Morgan fingerprint density at radius 3 is 2.07 bits per heavy atom. The minimum absolute atomic E-state index is 0.00262. The number of fused-ring (bicyclic) bond motifs is 10. The summed E-state index contributed by atoms with van der Waals surface area (Å²) in [5, 5.41) is 4.82. The van der Waals surface area contributed by atoms with Crippen LogP contribution >= 0.6 is 0 Å². The fraction of sp³-hybridized carbons (Fsp3) is 0.486. The molecule has 0 fully saturated rings. The van der Waals surface area contributed by atoms with Crippen LogP contribution in [0, 0.1) is 0 Å². The minimum Gasteiger partial charge on any atom is -0.463 e. The molecule has 3 heterocycles. The van der Waals surface area contributed by atoms with Crippen molar-refractivity contribution < 1.29 is 37.8 Å². The van der Waals surface area contributed by atoms with Crippen LogP contribution in [0.5, 0.6) is 0 Å². The highest BCUT2D eigenvalue weighted by atomic mass is 28.4. The lowest BCUT2D eigenvalue weighted by Gasteiger charge is -2.37. The third-order valence-corrected chi connectivity index (χ3v) is 15.8. The highest BCUT2D eigenvalue weighted by Crippen LogP contribution is 2.61. The molecule has 0 unspecified atom stereocenters. The van der Waals surface area contributed by atoms with Crippen molar-refractivity contribution in [3.63, 3.8) is 0 Å². The Kier molecular flexibility index (Phi) is 6.48. The number of cyclic esters (lactones) is 1. The fourth-order valence-corrected chi connectivity index (χ4v) is 9.27. The van der Waals surface area contributed by atoms with Gasteiger partial charge in [-0.1, -0.05) is 20.8 Å². The van der Waals surface area contributed by atoms with Crippen molar-refractivity contribution in [2.24, 2.45) is 0 Å². The van der Waals surface area contributed by atoms with Crippen molar-refractivity contribution >= 4 is 47.8 Å². The summed E-state index contributed by atoms with van der Waals surface area (Å²) in [6.07, 6.45) is 1.84. The number of esters is 3. The van der Waals surface area contributed by atoms with Crippen LogP contribution in [0.4, 0.5) is 0 Å². The molecule has 5 aliphatic rings. The molecule has 0 N–H and O–H groups in total. The largest absolute Gasteiger partial charge is 0.463 e. The number of aryl methyl sites for hydroxylation is 4. The van der Waals surface area contributed by atoms with Gasteiger partial charge in [0.1, 0.15) is 18.8 Å². The smallest absolute Gasteiger partial charge is 0.338 e. The summed E-state index contributed by atoms with van der Waals surface area (Å²) in [7, 11) is -2.20. The van der Waals surface area contributed by atoms with Crippen molar-refractivity contribution in [3.8, 4) is 0 Å². The first-order valence-electron chi connectivity index (χ1n) is 16.6. The summed E-state index contributed by atoms with van der Waals surface area (Å²) in [6, 6.07) is 2.05. The zero-order chi connectivity index (χ0) is 32.4. The quantitative estimate of drug-likeness (QED) is 0.119. The fourth-order valence-electron chi connectivity index (χ4n) is 8.33. The summed E-state index contributed by atoms with van der Waals surface area (Å²) in [5.41, 5.74) is 10.1. The minimum atomic E-state index is -2.20. The van der Waals surface area contributed by atoms with E-state index in [1.54, 1.807) is 13.8 Å². The van der Waals surface area contributed by atoms with Crippen LogP contribution in [0.15, 0.2) is 17.2 Å². The molecule has 3 aromatic carbocycles. The van der Waals surface area contributed by atoms with Gasteiger partial charge in [-0.15, -0.1) is 0 Å². The number of hydrogen-bond donors (Lipinski definition) is 0. The zero-order valence-corrected chi connectivity index (χ0v) is 28.7. The van der Waals surface area contributed by atoms with Gasteiger partial charge in [-0.05, 0) is 124 Å². The van der Waals surface area contributed by atoms with E-state index in [1.165, 1.54) is 43.8 Å². The Morgan fingerprint density at radius 1 is 0.826 bits per heavy atom. The van der Waals surface area contributed by atoms with E-state index in [0.29, 0.717) is 12.2 Å². The van der Waals surface area contributed by atoms with Crippen LogP contribution in [0.25, 0.3) is 21.5 Å². The van der Waals surface area contributed by atoms with E-state index in [-0.39, 0.29) is 42.0 Å². The summed E-state index contributed by atoms with van der Waals surface area (Å²) >= 11 is 0. The first-order chi connectivity index (χ1) is 21.9. The third kappa shape index (κ3) is 3.82. The van der Waals surface area contributed by atoms with E-state index in [0.717, 1.165) is 47.9 Å². The molecule has 0 aromatic heterocycles. The Balaban J connectivity index is 1.46. The van der Waals surface area contributed by atoms with Gasteiger partial charge in [-0.2, -0.15) is 0 Å². The van der Waals surface area contributed by atoms with Crippen molar-refractivity contribution in [3.05, 3.63) is 67.3 Å². The second-order valence-electron chi connectivity index (χ2n) is 14.6. The molecule has 2 bridgehead atoms. The molecule has 0 saturated carbocycles. The van der Waals surface area contributed by atoms with Crippen molar-refractivity contribution in [1.82, 2.24) is 0 Å². The van der Waals surface area contributed by atoms with Crippen molar-refractivity contribution in [1.29, 1.82) is 0 Å². The van der Waals surface area contributed by atoms with E-state index >= 15 is 0 Å². The van der Waals surface area contributed by atoms with E-state index in [9.17, 15) is 14.4 Å². The summed E-state index contributed by atoms with van der Waals surface area (Å²) in [5.74, 6) is -1.32. The van der Waals surface area contributed by atoms with Gasteiger partial charge >= 0.3 is 17.9 Å². The lowest BCUT2D eigenvalue weighted by atomic mass is 9.77. The van der Waals surface area contributed by atoms with Crippen LogP contribution in [-0.2, 0) is 71.9 Å². The maximum absolute atomic E-state index is 13.6. The number of benzene rings is 3. The lowest BCUT2D eigenvalue weighted by molar-refractivity contribution is -0.142. The first-order valence-corrected chi connectivity index (χ1v) is 19.5. The Bertz CT molecular complexity index is 1980. The van der Waals surface area contributed by atoms with Crippen molar-refractivity contribution in [2.45, 2.75) is 104 Å². The normalized spacial score (nSPS) is 20.6. The predicted octanol–water partition coefficient (Wildman–Crippen LogP) is 6.93. The van der Waals surface area contributed by atoms with E-state index in [2.05, 4.69) is 39.9 Å². The predicted molar refractivity (Wildman–Crippen MR) is 174 cm³/mol. The maximum atomic E-state index is 13.6. The van der Waals surface area contributed by atoms with E-state index < -0.39 is 32.5 Å². The van der Waals surface area contributed by atoms with Gasteiger partial charge in [0.2, 0.25) is 0 Å². The van der Waals surface area contributed by atoms with Gasteiger partial charge in [0.25, 0.3) is 0 Å². The Labute approximate surface area is 269 Å². The number of rotatable bonds is 7. The Hall–Kier alpha value is -3.53. The molecule has 8 nitrogen and oxygen atoms in total. The van der Waals surface area contributed by atoms with E-state index in [4.69, 9.17) is 23.4 Å². The summed E-state index contributed by atoms with van der Waals surface area (Å²) < 4.78 is 30.2. The topological polar surface area (TPSA) is 97.4 Å². The van der Waals surface area contributed by atoms with Crippen LogP contribution in [0.2, 0.25) is 18.1 Å². The first kappa shape index (κ1) is 29.8. The summed E-state index contributed by atoms with van der Waals surface area (Å²) in [6.45, 7) is 15.8. The van der Waals surface area contributed by atoms with Crippen LogP contribution in [0.3, 0.4) is 0 Å². The molecule has 0 radical (unpaired) electrons. The second kappa shape index (κ2) is 9.98. The molecule has 240 valence electrons. The molecule has 46 heavy (non-hydrogen) atoms. The standard InChI is InChI=1S/C37H40O8Si/c1-8-41-35(39)30-31(36(40)42-9-2)33-29-23(16-44-46(6,7)37(3,4)5)27-18-11-10-17-14-21-22(15-43-34(21)38)26(24(17)18)19-12-13-20(25(19)27)28(29)32(30)45-33/h14,32-33H,8-13,15-16H2,1-7H3/t32-,33+/m1/s1. The molecular weight excluding hydrogens is 600 g/mol. The average molecular weight is 641 g/mol. The van der Waals surface area contributed by atoms with Crippen molar-refractivity contribution in [2.75, 3.05) is 13.2 Å². The summed E-state index contributed by atoms with van der Waals surface area (Å²) in [4.78, 5) is 39.8. The molecule has 0 spiro atoms. The molecule has 9 heteroatoms. The van der Waals surface area contributed by atoms with Gasteiger partial charge in [-0.3, -0.25) is 0 Å². The number of ether oxygens (including phenoxy) is 4. The third-order valence-electron chi connectivity index (χ3n) is 11.3. The molecule has 2 atom stereocenters. The van der Waals surface area contributed by atoms with Gasteiger partial charge in [0.05, 0.1) is 36.5 Å². The van der Waals surface area contributed by atoms with Crippen LogP contribution in [-0.4, -0.2) is 39.4 Å². The number of hydrogen-bond acceptors (Lipinski definition) is 8. The SMILES string of the molecule is CCOC(=O)C1=C(C(=O)OCC)[C@@H]2O[C@H]1c1c2c2c3c(c4c5c(cc6c4c(c3c1CO[Si](C)(C)C(C)(C)C)CC6)C(=O)OC5)CC2. The molecule has 8 rings (SSSR count). The Morgan fingerprint density at radius 2 is 1.41 bits per heavy atom.